The molecule has 0 aromatic carbocycles. The Balaban J connectivity index is 1.41. The van der Waals surface area contributed by atoms with Crippen LogP contribution in [0.2, 0.25) is 0 Å². The predicted molar refractivity (Wildman–Crippen MR) is 77.1 cm³/mol. The van der Waals surface area contributed by atoms with Gasteiger partial charge in [-0.15, -0.1) is 0 Å². The Morgan fingerprint density at radius 1 is 1.35 bits per heavy atom. The van der Waals surface area contributed by atoms with E-state index in [1.54, 1.807) is 6.33 Å². The lowest BCUT2D eigenvalue weighted by atomic mass is 9.87. The normalized spacial score (nSPS) is 23.3. The van der Waals surface area contributed by atoms with Gasteiger partial charge >= 0.3 is 0 Å². The molecule has 3 rings (SSSR count). The quantitative estimate of drug-likeness (QED) is 0.781. The molecule has 1 aromatic heterocycles. The van der Waals surface area contributed by atoms with Crippen LogP contribution in [0.15, 0.2) is 6.33 Å². The molecule has 5 heteroatoms. The number of aromatic nitrogens is 2. The molecule has 1 saturated carbocycles. The van der Waals surface area contributed by atoms with Crippen molar-refractivity contribution in [2.45, 2.75) is 57.5 Å². The van der Waals surface area contributed by atoms with Crippen molar-refractivity contribution in [1.29, 1.82) is 0 Å². The number of carbonyl (C=O) groups is 1. The van der Waals surface area contributed by atoms with E-state index in [4.69, 9.17) is 0 Å². The van der Waals surface area contributed by atoms with Gasteiger partial charge in [0, 0.05) is 19.5 Å². The first-order chi connectivity index (χ1) is 9.83. The number of H-pyrrole nitrogens is 1. The zero-order chi connectivity index (χ0) is 13.8. The van der Waals surface area contributed by atoms with E-state index in [0.29, 0.717) is 13.0 Å². The monoisotopic (exact) mass is 276 g/mol. The van der Waals surface area contributed by atoms with Crippen LogP contribution in [0.1, 0.15) is 49.9 Å². The molecule has 2 aliphatic rings. The van der Waals surface area contributed by atoms with Gasteiger partial charge in [0.05, 0.1) is 23.8 Å². The lowest BCUT2D eigenvalue weighted by Crippen LogP contribution is -2.48. The Morgan fingerprint density at radius 2 is 2.20 bits per heavy atom. The lowest BCUT2D eigenvalue weighted by molar-refractivity contribution is -0.123. The van der Waals surface area contributed by atoms with Gasteiger partial charge in [0.2, 0.25) is 5.91 Å². The molecule has 20 heavy (non-hydrogen) atoms. The zero-order valence-corrected chi connectivity index (χ0v) is 12.0. The fourth-order valence-electron chi connectivity index (χ4n) is 3.35. The summed E-state index contributed by atoms with van der Waals surface area (Å²) in [6.45, 7) is 1.52. The molecule has 0 saturated heterocycles. The number of rotatable bonds is 4. The summed E-state index contributed by atoms with van der Waals surface area (Å²) in [7, 11) is 0. The third kappa shape index (κ3) is 3.20. The summed E-state index contributed by atoms with van der Waals surface area (Å²) in [5.41, 5.74) is 2.13. The molecule has 1 atom stereocenters. The van der Waals surface area contributed by atoms with Crippen molar-refractivity contribution in [1.82, 2.24) is 20.6 Å². The molecule has 1 fully saturated rings. The maximum Gasteiger partial charge on any atom is 0.237 e. The number of carbonyl (C=O) groups excluding carboxylic acids is 1. The summed E-state index contributed by atoms with van der Waals surface area (Å²) in [6.07, 6.45) is 10.3. The van der Waals surface area contributed by atoms with Crippen LogP contribution in [0.25, 0.3) is 0 Å². The predicted octanol–water partition coefficient (Wildman–Crippen LogP) is 1.51. The standard InChI is InChI=1S/C15H24N4O/c20-15(16-7-6-11-4-2-1-3-5-11)13-8-12-14(9-17-13)19-10-18-12/h10-11,13,17H,1-9H2,(H,16,20)(H,18,19). The van der Waals surface area contributed by atoms with Gasteiger partial charge in [-0.1, -0.05) is 32.1 Å². The molecule has 1 aliphatic heterocycles. The smallest absolute Gasteiger partial charge is 0.237 e. The molecule has 1 aliphatic carbocycles. The van der Waals surface area contributed by atoms with Crippen molar-refractivity contribution in [3.63, 3.8) is 0 Å². The first-order valence-electron chi connectivity index (χ1n) is 7.85. The summed E-state index contributed by atoms with van der Waals surface area (Å²) < 4.78 is 0. The van der Waals surface area contributed by atoms with Gasteiger partial charge in [0.1, 0.15) is 0 Å². The molecule has 0 bridgehead atoms. The first-order valence-corrected chi connectivity index (χ1v) is 7.85. The van der Waals surface area contributed by atoms with Crippen LogP contribution in [0.5, 0.6) is 0 Å². The van der Waals surface area contributed by atoms with Gasteiger partial charge in [-0.3, -0.25) is 10.1 Å². The van der Waals surface area contributed by atoms with Crippen LogP contribution in [-0.2, 0) is 17.8 Å². The first kappa shape index (κ1) is 13.6. The van der Waals surface area contributed by atoms with E-state index < -0.39 is 0 Å². The number of amides is 1. The number of nitrogens with zero attached hydrogens (tertiary/aromatic N) is 1. The van der Waals surface area contributed by atoms with Crippen molar-refractivity contribution < 1.29 is 4.79 Å². The van der Waals surface area contributed by atoms with Gasteiger partial charge in [-0.25, -0.2) is 4.98 Å². The SMILES string of the molecule is O=C(NCCC1CCCCC1)C1Cc2nc[nH]c2CN1. The number of aromatic amines is 1. The number of fused-ring (bicyclic) bond motifs is 1. The minimum atomic E-state index is -0.128. The van der Waals surface area contributed by atoms with E-state index in [9.17, 15) is 4.79 Å². The molecule has 2 heterocycles. The van der Waals surface area contributed by atoms with Crippen molar-refractivity contribution in [2.75, 3.05) is 6.54 Å². The van der Waals surface area contributed by atoms with E-state index in [-0.39, 0.29) is 11.9 Å². The van der Waals surface area contributed by atoms with Crippen molar-refractivity contribution in [2.24, 2.45) is 5.92 Å². The molecule has 110 valence electrons. The second-order valence-electron chi connectivity index (χ2n) is 6.05. The average Bonchev–Trinajstić information content (AvgIpc) is 2.95. The van der Waals surface area contributed by atoms with E-state index in [0.717, 1.165) is 30.3 Å². The van der Waals surface area contributed by atoms with Gasteiger partial charge in [-0.2, -0.15) is 0 Å². The van der Waals surface area contributed by atoms with Crippen LogP contribution in [0.4, 0.5) is 0 Å². The number of hydrogen-bond acceptors (Lipinski definition) is 3. The molecule has 1 aromatic rings. The Labute approximate surface area is 119 Å². The zero-order valence-electron chi connectivity index (χ0n) is 12.0. The highest BCUT2D eigenvalue weighted by Gasteiger charge is 2.25. The highest BCUT2D eigenvalue weighted by molar-refractivity contribution is 5.82. The highest BCUT2D eigenvalue weighted by atomic mass is 16.2. The van der Waals surface area contributed by atoms with Crippen molar-refractivity contribution in [3.8, 4) is 0 Å². The Hall–Kier alpha value is -1.36. The fourth-order valence-corrected chi connectivity index (χ4v) is 3.35. The largest absolute Gasteiger partial charge is 0.355 e. The van der Waals surface area contributed by atoms with Gasteiger partial charge in [-0.05, 0) is 12.3 Å². The second kappa shape index (κ2) is 6.39. The van der Waals surface area contributed by atoms with Gasteiger partial charge in [0.25, 0.3) is 0 Å². The molecule has 1 amide bonds. The second-order valence-corrected chi connectivity index (χ2v) is 6.05. The maximum atomic E-state index is 12.2. The maximum absolute atomic E-state index is 12.2. The Kier molecular flexibility index (Phi) is 4.35. The summed E-state index contributed by atoms with van der Waals surface area (Å²) in [6, 6.07) is -0.128. The third-order valence-corrected chi connectivity index (χ3v) is 4.62. The van der Waals surface area contributed by atoms with E-state index in [2.05, 4.69) is 20.6 Å². The minimum Gasteiger partial charge on any atom is -0.355 e. The average molecular weight is 276 g/mol. The highest BCUT2D eigenvalue weighted by Crippen LogP contribution is 2.25. The van der Waals surface area contributed by atoms with Crippen molar-refractivity contribution in [3.05, 3.63) is 17.7 Å². The van der Waals surface area contributed by atoms with Crippen LogP contribution in [-0.4, -0.2) is 28.5 Å². The fraction of sp³-hybridized carbons (Fsp3) is 0.733. The third-order valence-electron chi connectivity index (χ3n) is 4.62. The number of imidazole rings is 1. The molecular formula is C15H24N4O. The molecule has 1 unspecified atom stereocenters. The summed E-state index contributed by atoms with van der Waals surface area (Å²) in [5, 5.41) is 6.35. The Bertz CT molecular complexity index is 450. The summed E-state index contributed by atoms with van der Waals surface area (Å²) in [4.78, 5) is 19.5. The van der Waals surface area contributed by atoms with Crippen LogP contribution < -0.4 is 10.6 Å². The summed E-state index contributed by atoms with van der Waals surface area (Å²) >= 11 is 0. The molecule has 0 spiro atoms. The van der Waals surface area contributed by atoms with Crippen LogP contribution in [0, 0.1) is 5.92 Å². The van der Waals surface area contributed by atoms with Crippen molar-refractivity contribution >= 4 is 5.91 Å². The molecule has 0 radical (unpaired) electrons. The van der Waals surface area contributed by atoms with Gasteiger partial charge < -0.3 is 10.3 Å². The Morgan fingerprint density at radius 3 is 3.05 bits per heavy atom. The molecule has 3 N–H and O–H groups in total. The van der Waals surface area contributed by atoms with Crippen LogP contribution >= 0.6 is 0 Å². The summed E-state index contributed by atoms with van der Waals surface area (Å²) in [5.74, 6) is 0.941. The lowest BCUT2D eigenvalue weighted by Gasteiger charge is -2.24. The van der Waals surface area contributed by atoms with Gasteiger partial charge in [0.15, 0.2) is 0 Å². The van der Waals surface area contributed by atoms with Crippen LogP contribution in [0.3, 0.4) is 0 Å². The molecular weight excluding hydrogens is 252 g/mol. The van der Waals surface area contributed by atoms with E-state index in [1.165, 1.54) is 32.1 Å². The number of hydrogen-bond donors (Lipinski definition) is 3. The number of nitrogens with one attached hydrogen (secondary N) is 3. The van der Waals surface area contributed by atoms with E-state index in [1.807, 2.05) is 0 Å². The topological polar surface area (TPSA) is 69.8 Å². The van der Waals surface area contributed by atoms with E-state index >= 15 is 0 Å². The minimum absolute atomic E-state index is 0.120. The molecule has 5 nitrogen and oxygen atoms in total.